The van der Waals surface area contributed by atoms with Crippen molar-refractivity contribution in [3.8, 4) is 0 Å². The highest BCUT2D eigenvalue weighted by Crippen LogP contribution is 2.02. The normalized spacial score (nSPS) is 12.2. The zero-order valence-electron chi connectivity index (χ0n) is 14.0. The number of rotatable bonds is 11. The van der Waals surface area contributed by atoms with Crippen LogP contribution in [0.15, 0.2) is 4.99 Å². The first-order chi connectivity index (χ1) is 9.60. The summed E-state index contributed by atoms with van der Waals surface area (Å²) in [4.78, 5) is 6.84. The van der Waals surface area contributed by atoms with Gasteiger partial charge in [-0.2, -0.15) is 0 Å². The van der Waals surface area contributed by atoms with Crippen LogP contribution in [0.25, 0.3) is 0 Å². The Labute approximate surface area is 125 Å². The van der Waals surface area contributed by atoms with E-state index >= 15 is 0 Å². The van der Waals surface area contributed by atoms with Crippen molar-refractivity contribution in [1.82, 2.24) is 15.5 Å². The Kier molecular flexibility index (Phi) is 12.7. The first kappa shape index (κ1) is 19.2. The maximum atomic E-state index is 5.07. The first-order valence-corrected chi connectivity index (χ1v) is 7.79. The van der Waals surface area contributed by atoms with E-state index in [4.69, 9.17) is 4.74 Å². The lowest BCUT2D eigenvalue weighted by Gasteiger charge is -2.17. The Morgan fingerprint density at radius 3 is 2.60 bits per heavy atom. The van der Waals surface area contributed by atoms with Gasteiger partial charge in [0.05, 0.1) is 6.61 Å². The number of nitrogens with one attached hydrogen (secondary N) is 2. The molecule has 0 saturated heterocycles. The fourth-order valence-electron chi connectivity index (χ4n) is 1.76. The summed E-state index contributed by atoms with van der Waals surface area (Å²) in [6.45, 7) is 12.0. The third kappa shape index (κ3) is 12.2. The van der Waals surface area contributed by atoms with Crippen LogP contribution in [0.3, 0.4) is 0 Å². The van der Waals surface area contributed by atoms with Crippen LogP contribution in [0.2, 0.25) is 0 Å². The molecule has 0 radical (unpaired) electrons. The highest BCUT2D eigenvalue weighted by Gasteiger charge is 2.00. The van der Waals surface area contributed by atoms with Gasteiger partial charge in [-0.05, 0) is 32.7 Å². The van der Waals surface area contributed by atoms with E-state index < -0.39 is 0 Å². The van der Waals surface area contributed by atoms with E-state index in [2.05, 4.69) is 48.3 Å². The van der Waals surface area contributed by atoms with Crippen molar-refractivity contribution >= 4 is 5.96 Å². The Bertz CT molecular complexity index is 244. The van der Waals surface area contributed by atoms with E-state index in [1.165, 1.54) is 6.42 Å². The first-order valence-electron chi connectivity index (χ1n) is 7.79. The highest BCUT2D eigenvalue weighted by molar-refractivity contribution is 5.79. The topological polar surface area (TPSA) is 48.9 Å². The molecule has 120 valence electrons. The minimum atomic E-state index is 0.759. The molecule has 0 aromatic rings. The average Bonchev–Trinajstić information content (AvgIpc) is 2.41. The SMILES string of the molecule is CCNC(=NCCCC(C)C)NCCN(C)CCOC. The Morgan fingerprint density at radius 2 is 2.00 bits per heavy atom. The van der Waals surface area contributed by atoms with Crippen molar-refractivity contribution in [3.05, 3.63) is 0 Å². The molecule has 0 aromatic heterocycles. The van der Waals surface area contributed by atoms with Gasteiger partial charge in [-0.25, -0.2) is 0 Å². The number of aliphatic imine (C=N–C) groups is 1. The van der Waals surface area contributed by atoms with Gasteiger partial charge < -0.3 is 20.3 Å². The van der Waals surface area contributed by atoms with Crippen molar-refractivity contribution in [2.75, 3.05) is 53.5 Å². The molecule has 0 spiro atoms. The van der Waals surface area contributed by atoms with E-state index in [0.717, 1.165) is 57.6 Å². The number of hydrogen-bond donors (Lipinski definition) is 2. The lowest BCUT2D eigenvalue weighted by molar-refractivity contribution is 0.162. The summed E-state index contributed by atoms with van der Waals surface area (Å²) in [5.74, 6) is 1.69. The van der Waals surface area contributed by atoms with Crippen LogP contribution >= 0.6 is 0 Å². The molecular formula is C15H34N4O. The van der Waals surface area contributed by atoms with Crippen LogP contribution < -0.4 is 10.6 Å². The standard InChI is InChI=1S/C15H34N4O/c1-6-16-15(17-9-7-8-14(2)3)18-10-11-19(4)12-13-20-5/h14H,6-13H2,1-5H3,(H2,16,17,18). The van der Waals surface area contributed by atoms with E-state index in [0.29, 0.717) is 0 Å². The van der Waals surface area contributed by atoms with Gasteiger partial charge >= 0.3 is 0 Å². The van der Waals surface area contributed by atoms with Gasteiger partial charge in [-0.1, -0.05) is 13.8 Å². The predicted octanol–water partition coefficient (Wildman–Crippen LogP) is 1.56. The zero-order valence-corrected chi connectivity index (χ0v) is 14.0. The lowest BCUT2D eigenvalue weighted by atomic mass is 10.1. The van der Waals surface area contributed by atoms with Gasteiger partial charge in [-0.3, -0.25) is 4.99 Å². The number of hydrogen-bond acceptors (Lipinski definition) is 3. The molecule has 5 nitrogen and oxygen atoms in total. The summed E-state index contributed by atoms with van der Waals surface area (Å²) < 4.78 is 5.07. The summed E-state index contributed by atoms with van der Waals surface area (Å²) >= 11 is 0. The second-order valence-electron chi connectivity index (χ2n) is 5.52. The van der Waals surface area contributed by atoms with Crippen LogP contribution in [0.1, 0.15) is 33.6 Å². The fraction of sp³-hybridized carbons (Fsp3) is 0.933. The summed E-state index contributed by atoms with van der Waals surface area (Å²) in [5.41, 5.74) is 0. The van der Waals surface area contributed by atoms with Crippen LogP contribution in [-0.2, 0) is 4.74 Å². The van der Waals surface area contributed by atoms with Crippen molar-refractivity contribution in [1.29, 1.82) is 0 Å². The quantitative estimate of drug-likeness (QED) is 0.344. The van der Waals surface area contributed by atoms with Gasteiger partial charge in [0.25, 0.3) is 0 Å². The zero-order chi connectivity index (χ0) is 15.2. The van der Waals surface area contributed by atoms with Gasteiger partial charge in [0.15, 0.2) is 5.96 Å². The van der Waals surface area contributed by atoms with Gasteiger partial charge in [-0.15, -0.1) is 0 Å². The van der Waals surface area contributed by atoms with Gasteiger partial charge in [0, 0.05) is 39.8 Å². The minimum Gasteiger partial charge on any atom is -0.383 e. The van der Waals surface area contributed by atoms with Crippen LogP contribution in [0.4, 0.5) is 0 Å². The Balaban J connectivity index is 3.85. The average molecular weight is 286 g/mol. The molecule has 5 heteroatoms. The summed E-state index contributed by atoms with van der Waals surface area (Å²) in [6.07, 6.45) is 2.39. The number of guanidine groups is 1. The Hall–Kier alpha value is -0.810. The molecular weight excluding hydrogens is 252 g/mol. The van der Waals surface area contributed by atoms with Crippen molar-refractivity contribution < 1.29 is 4.74 Å². The third-order valence-electron chi connectivity index (χ3n) is 3.02. The molecule has 0 unspecified atom stereocenters. The van der Waals surface area contributed by atoms with Crippen molar-refractivity contribution in [2.45, 2.75) is 33.6 Å². The molecule has 0 amide bonds. The lowest BCUT2D eigenvalue weighted by Crippen LogP contribution is -2.41. The molecule has 20 heavy (non-hydrogen) atoms. The highest BCUT2D eigenvalue weighted by atomic mass is 16.5. The van der Waals surface area contributed by atoms with Crippen LogP contribution in [0.5, 0.6) is 0 Å². The van der Waals surface area contributed by atoms with E-state index in [1.54, 1.807) is 7.11 Å². The van der Waals surface area contributed by atoms with Crippen LogP contribution in [0, 0.1) is 5.92 Å². The molecule has 0 bridgehead atoms. The molecule has 0 aromatic carbocycles. The molecule has 0 aliphatic carbocycles. The molecule has 0 aliphatic heterocycles. The second kappa shape index (κ2) is 13.2. The van der Waals surface area contributed by atoms with Crippen molar-refractivity contribution in [3.63, 3.8) is 0 Å². The predicted molar refractivity (Wildman–Crippen MR) is 87.4 cm³/mol. The monoisotopic (exact) mass is 286 g/mol. The molecule has 0 aliphatic rings. The third-order valence-corrected chi connectivity index (χ3v) is 3.02. The molecule has 0 saturated carbocycles. The number of methoxy groups -OCH3 is 1. The van der Waals surface area contributed by atoms with E-state index in [9.17, 15) is 0 Å². The van der Waals surface area contributed by atoms with Crippen molar-refractivity contribution in [2.24, 2.45) is 10.9 Å². The smallest absolute Gasteiger partial charge is 0.191 e. The molecule has 0 heterocycles. The molecule has 0 rings (SSSR count). The molecule has 0 fully saturated rings. The van der Waals surface area contributed by atoms with E-state index in [1.807, 2.05) is 0 Å². The molecule has 2 N–H and O–H groups in total. The van der Waals surface area contributed by atoms with Gasteiger partial charge in [0.2, 0.25) is 0 Å². The minimum absolute atomic E-state index is 0.759. The van der Waals surface area contributed by atoms with E-state index in [-0.39, 0.29) is 0 Å². The number of ether oxygens (including phenoxy) is 1. The largest absolute Gasteiger partial charge is 0.383 e. The number of nitrogens with zero attached hydrogens (tertiary/aromatic N) is 2. The number of likely N-dealkylation sites (N-methyl/N-ethyl adjacent to an activating group) is 1. The summed E-state index contributed by atoms with van der Waals surface area (Å²) in [5, 5.41) is 6.66. The van der Waals surface area contributed by atoms with Crippen LogP contribution in [-0.4, -0.2) is 64.3 Å². The second-order valence-corrected chi connectivity index (χ2v) is 5.52. The Morgan fingerprint density at radius 1 is 1.25 bits per heavy atom. The maximum absolute atomic E-state index is 5.07. The maximum Gasteiger partial charge on any atom is 0.191 e. The summed E-state index contributed by atoms with van der Waals surface area (Å²) in [7, 11) is 3.84. The van der Waals surface area contributed by atoms with Gasteiger partial charge in [0.1, 0.15) is 0 Å². The molecule has 0 atom stereocenters. The fourth-order valence-corrected chi connectivity index (χ4v) is 1.76. The summed E-state index contributed by atoms with van der Waals surface area (Å²) in [6, 6.07) is 0.